The molecule has 12 nitrogen and oxygen atoms in total. The van der Waals surface area contributed by atoms with E-state index in [0.717, 1.165) is 68.3 Å². The van der Waals surface area contributed by atoms with E-state index in [9.17, 15) is 4.79 Å². The maximum Gasteiger partial charge on any atom is 0.430 e. The average Bonchev–Trinajstić information content (AvgIpc) is 3.67. The molecular formula is C30H43N9O3. The molecule has 226 valence electrons. The summed E-state index contributed by atoms with van der Waals surface area (Å²) in [5, 5.41) is 11.8. The lowest BCUT2D eigenvalue weighted by atomic mass is 9.92. The zero-order valence-corrected chi connectivity index (χ0v) is 24.4. The van der Waals surface area contributed by atoms with Crippen LogP contribution in [0.25, 0.3) is 11.2 Å². The highest BCUT2D eigenvalue weighted by molar-refractivity contribution is 5.86. The van der Waals surface area contributed by atoms with Gasteiger partial charge in [0, 0.05) is 37.3 Å². The number of carbonyl (C=O) groups is 1. The average molecular weight is 578 g/mol. The van der Waals surface area contributed by atoms with E-state index in [2.05, 4.69) is 20.5 Å². The van der Waals surface area contributed by atoms with E-state index in [1.807, 2.05) is 31.5 Å². The molecule has 3 aromatic rings. The van der Waals surface area contributed by atoms with Crippen molar-refractivity contribution in [3.8, 4) is 5.75 Å². The van der Waals surface area contributed by atoms with Gasteiger partial charge in [0.05, 0.1) is 18.6 Å². The fraction of sp³-hybridized carbons (Fsp3) is 0.600. The zero-order chi connectivity index (χ0) is 28.9. The van der Waals surface area contributed by atoms with E-state index in [1.165, 1.54) is 12.8 Å². The van der Waals surface area contributed by atoms with Crippen molar-refractivity contribution < 1.29 is 14.4 Å². The molecule has 0 spiro atoms. The second-order valence-corrected chi connectivity index (χ2v) is 11.7. The van der Waals surface area contributed by atoms with E-state index in [0.29, 0.717) is 55.2 Å². The monoisotopic (exact) mass is 577 g/mol. The number of hydrogen-bond acceptors (Lipinski definition) is 10. The number of anilines is 3. The number of ether oxygens (including phenoxy) is 1. The van der Waals surface area contributed by atoms with Gasteiger partial charge in [0.2, 0.25) is 5.95 Å². The van der Waals surface area contributed by atoms with E-state index in [4.69, 9.17) is 30.3 Å². The van der Waals surface area contributed by atoms with Crippen LogP contribution in [0.1, 0.15) is 77.2 Å². The maximum absolute atomic E-state index is 12.6. The molecule has 1 saturated heterocycles. The Kier molecular flexibility index (Phi) is 8.90. The second kappa shape index (κ2) is 13.1. The number of hydrogen-bond donors (Lipinski definition) is 4. The SMILES string of the molecule is CCOc1ccccc1NC(=O)ON1CCC(Nc2nc(NC3CCC(N)CC3)nc3c2ncn3C2CCCC2)CC1. The standard InChI is InChI=1S/C30H43N9O3/c1-2-41-25-10-6-5-9-24(25)35-30(40)42-38-17-15-22(16-18-38)33-27-26-28(39(19-32-26)23-7-3-4-8-23)37-29(36-27)34-21-13-11-20(31)12-14-21/h5-6,9-10,19-23H,2-4,7-8,11-18,31H2,1H3,(H,35,40)(H2,33,34,36,37). The molecule has 5 N–H and O–H groups in total. The van der Waals surface area contributed by atoms with Crippen LogP contribution in [0.15, 0.2) is 30.6 Å². The zero-order valence-electron chi connectivity index (χ0n) is 24.4. The van der Waals surface area contributed by atoms with Gasteiger partial charge in [0.1, 0.15) is 5.75 Å². The molecule has 6 rings (SSSR count). The highest BCUT2D eigenvalue weighted by Gasteiger charge is 2.27. The fourth-order valence-corrected chi connectivity index (χ4v) is 6.36. The van der Waals surface area contributed by atoms with Gasteiger partial charge in [-0.1, -0.05) is 25.0 Å². The Morgan fingerprint density at radius 1 is 0.976 bits per heavy atom. The number of nitrogens with two attached hydrogens (primary N) is 1. The number of fused-ring (bicyclic) bond motifs is 1. The highest BCUT2D eigenvalue weighted by Crippen LogP contribution is 2.34. The van der Waals surface area contributed by atoms with Crippen molar-refractivity contribution in [1.29, 1.82) is 0 Å². The van der Waals surface area contributed by atoms with Crippen LogP contribution in [-0.4, -0.2) is 68.5 Å². The van der Waals surface area contributed by atoms with Crippen molar-refractivity contribution in [2.45, 2.75) is 95.3 Å². The van der Waals surface area contributed by atoms with Crippen molar-refractivity contribution in [3.05, 3.63) is 30.6 Å². The van der Waals surface area contributed by atoms with Gasteiger partial charge >= 0.3 is 6.09 Å². The highest BCUT2D eigenvalue weighted by atomic mass is 16.7. The van der Waals surface area contributed by atoms with E-state index < -0.39 is 6.09 Å². The Labute approximate surface area is 246 Å². The number of para-hydroxylation sites is 2. The summed E-state index contributed by atoms with van der Waals surface area (Å²) in [5.74, 6) is 2.03. The van der Waals surface area contributed by atoms with Crippen LogP contribution in [0, 0.1) is 0 Å². The Morgan fingerprint density at radius 3 is 2.48 bits per heavy atom. The number of aromatic nitrogens is 4. The van der Waals surface area contributed by atoms with Gasteiger partial charge in [-0.25, -0.2) is 9.78 Å². The number of piperidine rings is 1. The summed E-state index contributed by atoms with van der Waals surface area (Å²) in [7, 11) is 0. The number of rotatable bonds is 9. The molecule has 12 heteroatoms. The lowest BCUT2D eigenvalue weighted by Gasteiger charge is -2.31. The number of hydroxylamine groups is 2. The minimum Gasteiger partial charge on any atom is -0.492 e. The van der Waals surface area contributed by atoms with Crippen molar-refractivity contribution in [3.63, 3.8) is 0 Å². The van der Waals surface area contributed by atoms with Crippen LogP contribution in [0.3, 0.4) is 0 Å². The number of nitrogens with zero attached hydrogens (tertiary/aromatic N) is 5. The molecule has 0 atom stereocenters. The third-order valence-corrected chi connectivity index (χ3v) is 8.67. The van der Waals surface area contributed by atoms with E-state index in [-0.39, 0.29) is 6.04 Å². The Morgan fingerprint density at radius 2 is 1.71 bits per heavy atom. The summed E-state index contributed by atoms with van der Waals surface area (Å²) in [5.41, 5.74) is 8.42. The first-order chi connectivity index (χ1) is 20.6. The van der Waals surface area contributed by atoms with Crippen LogP contribution in [-0.2, 0) is 4.84 Å². The minimum atomic E-state index is -0.525. The first-order valence-electron chi connectivity index (χ1n) is 15.5. The third kappa shape index (κ3) is 6.70. The van der Waals surface area contributed by atoms with Gasteiger partial charge in [-0.3, -0.25) is 5.32 Å². The quantitative estimate of drug-likeness (QED) is 0.272. The molecule has 0 radical (unpaired) electrons. The van der Waals surface area contributed by atoms with Crippen LogP contribution in [0.2, 0.25) is 0 Å². The first-order valence-corrected chi connectivity index (χ1v) is 15.5. The summed E-state index contributed by atoms with van der Waals surface area (Å²) in [6.07, 6.45) is 11.9. The summed E-state index contributed by atoms with van der Waals surface area (Å²) >= 11 is 0. The summed E-state index contributed by atoms with van der Waals surface area (Å²) < 4.78 is 7.84. The number of benzene rings is 1. The smallest absolute Gasteiger partial charge is 0.430 e. The predicted molar refractivity (Wildman–Crippen MR) is 163 cm³/mol. The van der Waals surface area contributed by atoms with Gasteiger partial charge in [0.15, 0.2) is 17.0 Å². The van der Waals surface area contributed by atoms with Gasteiger partial charge in [-0.2, -0.15) is 9.97 Å². The molecule has 42 heavy (non-hydrogen) atoms. The normalized spacial score (nSPS) is 22.2. The molecule has 0 unspecified atom stereocenters. The fourth-order valence-electron chi connectivity index (χ4n) is 6.36. The van der Waals surface area contributed by atoms with Gasteiger partial charge in [-0.05, 0) is 70.4 Å². The Bertz CT molecular complexity index is 1340. The minimum absolute atomic E-state index is 0.168. The molecule has 2 aliphatic carbocycles. The molecule has 0 bridgehead atoms. The molecular weight excluding hydrogens is 534 g/mol. The molecule has 1 aromatic carbocycles. The van der Waals surface area contributed by atoms with Gasteiger partial charge in [0.25, 0.3) is 0 Å². The molecule has 2 aromatic heterocycles. The lowest BCUT2D eigenvalue weighted by Crippen LogP contribution is -2.41. The number of imidazole rings is 1. The topological polar surface area (TPSA) is 144 Å². The summed E-state index contributed by atoms with van der Waals surface area (Å²) in [6.45, 7) is 3.64. The number of nitrogens with one attached hydrogen (secondary N) is 3. The molecule has 2 saturated carbocycles. The largest absolute Gasteiger partial charge is 0.492 e. The first kappa shape index (κ1) is 28.5. The maximum atomic E-state index is 12.6. The number of carbonyl (C=O) groups excluding carboxylic acids is 1. The van der Waals surface area contributed by atoms with E-state index >= 15 is 0 Å². The van der Waals surface area contributed by atoms with Crippen LogP contribution in [0.5, 0.6) is 5.75 Å². The summed E-state index contributed by atoms with van der Waals surface area (Å²) in [6, 6.07) is 8.56. The van der Waals surface area contributed by atoms with Crippen LogP contribution < -0.4 is 26.4 Å². The Balaban J connectivity index is 1.10. The van der Waals surface area contributed by atoms with Crippen LogP contribution >= 0.6 is 0 Å². The van der Waals surface area contributed by atoms with Crippen molar-refractivity contribution in [2.75, 3.05) is 35.6 Å². The third-order valence-electron chi connectivity index (χ3n) is 8.67. The molecule has 3 heterocycles. The number of amides is 1. The molecule has 3 aliphatic rings. The predicted octanol–water partition coefficient (Wildman–Crippen LogP) is 5.06. The van der Waals surface area contributed by atoms with Gasteiger partial charge in [-0.15, -0.1) is 5.06 Å². The molecule has 3 fully saturated rings. The molecule has 1 aliphatic heterocycles. The summed E-state index contributed by atoms with van der Waals surface area (Å²) in [4.78, 5) is 32.9. The van der Waals surface area contributed by atoms with Gasteiger partial charge < -0.3 is 30.5 Å². The van der Waals surface area contributed by atoms with E-state index in [1.54, 1.807) is 11.1 Å². The lowest BCUT2D eigenvalue weighted by molar-refractivity contribution is -0.107. The van der Waals surface area contributed by atoms with Crippen molar-refractivity contribution in [1.82, 2.24) is 24.6 Å². The van der Waals surface area contributed by atoms with Crippen molar-refractivity contribution >= 4 is 34.7 Å². The van der Waals surface area contributed by atoms with Crippen LogP contribution in [0.4, 0.5) is 22.2 Å². The molecule has 1 amide bonds. The second-order valence-electron chi connectivity index (χ2n) is 11.7. The Hall–Kier alpha value is -3.64. The van der Waals surface area contributed by atoms with Crippen molar-refractivity contribution in [2.24, 2.45) is 5.73 Å².